The van der Waals surface area contributed by atoms with E-state index in [2.05, 4.69) is 4.98 Å². The number of hydrogen-bond donors (Lipinski definition) is 0. The maximum atomic E-state index is 12.7. The molecule has 2 aromatic rings. The first-order valence-electron chi connectivity index (χ1n) is 5.86. The largest absolute Gasteiger partial charge is 0.319 e. The molecule has 0 spiro atoms. The van der Waals surface area contributed by atoms with E-state index in [-0.39, 0.29) is 0 Å². The average molecular weight is 306 g/mol. The molecule has 0 aromatic carbocycles. The van der Waals surface area contributed by atoms with Crippen molar-refractivity contribution in [2.24, 2.45) is 0 Å². The van der Waals surface area contributed by atoms with Crippen LogP contribution in [0, 0.1) is 0 Å². The first kappa shape index (κ1) is 14.4. The maximum Gasteiger partial charge on any atom is 0.319 e. The van der Waals surface area contributed by atoms with Gasteiger partial charge in [-0.2, -0.15) is 8.78 Å². The molecule has 2 aromatic heterocycles. The maximum absolute atomic E-state index is 12.7. The van der Waals surface area contributed by atoms with Crippen LogP contribution in [0.3, 0.4) is 0 Å². The molecule has 0 amide bonds. The van der Waals surface area contributed by atoms with Gasteiger partial charge in [0.2, 0.25) is 0 Å². The first-order chi connectivity index (χ1) is 9.10. The lowest BCUT2D eigenvalue weighted by Crippen LogP contribution is -2.24. The van der Waals surface area contributed by atoms with E-state index in [4.69, 9.17) is 11.6 Å². The fraction of sp³-hybridized carbons (Fsp3) is 0.417. The lowest BCUT2D eigenvalue weighted by atomic mass is 10.4. The van der Waals surface area contributed by atoms with Crippen molar-refractivity contribution < 1.29 is 8.78 Å². The minimum absolute atomic E-state index is 0.375. The summed E-state index contributed by atoms with van der Waals surface area (Å²) in [7, 11) is 0. The van der Waals surface area contributed by atoms with Gasteiger partial charge in [-0.05, 0) is 18.7 Å². The van der Waals surface area contributed by atoms with Crippen molar-refractivity contribution in [1.29, 1.82) is 0 Å². The molecule has 0 atom stereocenters. The van der Waals surface area contributed by atoms with Crippen molar-refractivity contribution in [2.75, 3.05) is 6.54 Å². The summed E-state index contributed by atoms with van der Waals surface area (Å²) in [6, 6.07) is 3.80. The topological polar surface area (TPSA) is 21.1 Å². The molecule has 0 unspecified atom stereocenters. The fourth-order valence-corrected chi connectivity index (χ4v) is 2.91. The second-order valence-corrected chi connectivity index (χ2v) is 5.84. The summed E-state index contributed by atoms with van der Waals surface area (Å²) in [5, 5.41) is 0. The summed E-state index contributed by atoms with van der Waals surface area (Å²) in [6.45, 7) is 1.27. The number of hydrogen-bond acceptors (Lipinski definition) is 3. The zero-order valence-electron chi connectivity index (χ0n) is 10.4. The van der Waals surface area contributed by atoms with Crippen LogP contribution in [-0.4, -0.2) is 21.0 Å². The van der Waals surface area contributed by atoms with Gasteiger partial charge in [-0.15, -0.1) is 11.3 Å². The summed E-state index contributed by atoms with van der Waals surface area (Å²) in [5.74, 6) is 0.375. The minimum atomic E-state index is -2.55. The number of alkyl halides is 2. The third-order valence-electron chi connectivity index (χ3n) is 2.78. The van der Waals surface area contributed by atoms with Crippen LogP contribution in [0.4, 0.5) is 8.78 Å². The fourth-order valence-electron chi connectivity index (χ4n) is 1.78. The highest BCUT2D eigenvalue weighted by molar-refractivity contribution is 7.16. The molecule has 2 rings (SSSR count). The smallest absolute Gasteiger partial charge is 0.291 e. The SMILES string of the molecule is CCN(Cc1ccc(Cl)s1)Cc1nccn1C(F)F. The minimum Gasteiger partial charge on any atom is -0.291 e. The second-order valence-electron chi connectivity index (χ2n) is 4.04. The molecule has 2 heterocycles. The highest BCUT2D eigenvalue weighted by Crippen LogP contribution is 2.23. The highest BCUT2D eigenvalue weighted by atomic mass is 35.5. The molecular weight excluding hydrogens is 292 g/mol. The van der Waals surface area contributed by atoms with Crippen LogP contribution in [0.25, 0.3) is 0 Å². The normalized spacial score (nSPS) is 11.7. The van der Waals surface area contributed by atoms with Crippen molar-refractivity contribution in [1.82, 2.24) is 14.5 Å². The van der Waals surface area contributed by atoms with Crippen LogP contribution in [0.2, 0.25) is 4.34 Å². The molecule has 0 saturated heterocycles. The Morgan fingerprint density at radius 2 is 2.21 bits per heavy atom. The Kier molecular flexibility index (Phi) is 4.90. The van der Waals surface area contributed by atoms with Gasteiger partial charge in [0.25, 0.3) is 0 Å². The molecule has 0 aliphatic carbocycles. The third-order valence-corrected chi connectivity index (χ3v) is 4.00. The van der Waals surface area contributed by atoms with Gasteiger partial charge in [0.15, 0.2) is 0 Å². The number of thiophene rings is 1. The predicted octanol–water partition coefficient (Wildman–Crippen LogP) is 4.02. The Bertz CT molecular complexity index is 527. The van der Waals surface area contributed by atoms with Gasteiger partial charge in [-0.25, -0.2) is 4.98 Å². The molecule has 19 heavy (non-hydrogen) atoms. The third kappa shape index (κ3) is 3.75. The van der Waals surface area contributed by atoms with Gasteiger partial charge < -0.3 is 0 Å². The van der Waals surface area contributed by atoms with Crippen molar-refractivity contribution in [3.8, 4) is 0 Å². The summed E-state index contributed by atoms with van der Waals surface area (Å²) < 4.78 is 27.1. The lowest BCUT2D eigenvalue weighted by Gasteiger charge is -2.19. The van der Waals surface area contributed by atoms with Crippen LogP contribution in [0.1, 0.15) is 24.2 Å². The van der Waals surface area contributed by atoms with Crippen LogP contribution in [0.15, 0.2) is 24.5 Å². The Morgan fingerprint density at radius 1 is 1.42 bits per heavy atom. The van der Waals surface area contributed by atoms with Crippen molar-refractivity contribution >= 4 is 22.9 Å². The quantitative estimate of drug-likeness (QED) is 0.804. The van der Waals surface area contributed by atoms with E-state index in [0.29, 0.717) is 18.9 Å². The number of nitrogens with zero attached hydrogens (tertiary/aromatic N) is 3. The summed E-state index contributed by atoms with van der Waals surface area (Å²) >= 11 is 7.38. The summed E-state index contributed by atoms with van der Waals surface area (Å²) in [4.78, 5) is 7.15. The second kappa shape index (κ2) is 6.45. The van der Waals surface area contributed by atoms with E-state index in [1.165, 1.54) is 23.7 Å². The summed E-state index contributed by atoms with van der Waals surface area (Å²) in [6.07, 6.45) is 2.70. The van der Waals surface area contributed by atoms with Crippen LogP contribution < -0.4 is 0 Å². The van der Waals surface area contributed by atoms with Crippen molar-refractivity contribution in [2.45, 2.75) is 26.6 Å². The predicted molar refractivity (Wildman–Crippen MR) is 72.6 cm³/mol. The number of aromatic nitrogens is 2. The van der Waals surface area contributed by atoms with Gasteiger partial charge >= 0.3 is 6.55 Å². The molecule has 0 N–H and O–H groups in total. The number of imidazole rings is 1. The number of rotatable bonds is 6. The molecule has 0 aliphatic heterocycles. The van der Waals surface area contributed by atoms with E-state index in [1.54, 1.807) is 0 Å². The molecule has 104 valence electrons. The van der Waals surface area contributed by atoms with Crippen molar-refractivity contribution in [3.05, 3.63) is 39.6 Å². The van der Waals surface area contributed by atoms with Gasteiger partial charge in [-0.1, -0.05) is 18.5 Å². The molecular formula is C12H14ClF2N3S. The Balaban J connectivity index is 2.04. The molecule has 7 heteroatoms. The molecule has 0 radical (unpaired) electrons. The van der Waals surface area contributed by atoms with Gasteiger partial charge in [0.1, 0.15) is 5.82 Å². The van der Waals surface area contributed by atoms with Gasteiger partial charge in [0.05, 0.1) is 10.9 Å². The summed E-state index contributed by atoms with van der Waals surface area (Å²) in [5.41, 5.74) is 0. The van der Waals surface area contributed by atoms with E-state index in [1.807, 2.05) is 24.0 Å². The Morgan fingerprint density at radius 3 is 2.79 bits per heavy atom. The van der Waals surface area contributed by atoms with E-state index >= 15 is 0 Å². The van der Waals surface area contributed by atoms with E-state index in [9.17, 15) is 8.78 Å². The standard InChI is InChI=1S/C12H14ClF2N3S/c1-2-17(7-9-3-4-10(13)19-9)8-11-16-5-6-18(11)12(14)15/h3-6,12H,2,7-8H2,1H3. The lowest BCUT2D eigenvalue weighted by molar-refractivity contribution is 0.0638. The molecule has 0 saturated carbocycles. The Hall–Kier alpha value is -0.980. The Labute approximate surface area is 119 Å². The van der Waals surface area contributed by atoms with Crippen LogP contribution in [-0.2, 0) is 13.1 Å². The van der Waals surface area contributed by atoms with E-state index < -0.39 is 6.55 Å². The number of halogens is 3. The zero-order valence-corrected chi connectivity index (χ0v) is 12.0. The highest BCUT2D eigenvalue weighted by Gasteiger charge is 2.14. The molecule has 0 fully saturated rings. The van der Waals surface area contributed by atoms with E-state index in [0.717, 1.165) is 20.3 Å². The van der Waals surface area contributed by atoms with Gasteiger partial charge in [0, 0.05) is 23.8 Å². The van der Waals surface area contributed by atoms with Crippen LogP contribution in [0.5, 0.6) is 0 Å². The molecule has 0 bridgehead atoms. The van der Waals surface area contributed by atoms with Gasteiger partial charge in [-0.3, -0.25) is 9.47 Å². The molecule has 0 aliphatic rings. The van der Waals surface area contributed by atoms with Crippen LogP contribution >= 0.6 is 22.9 Å². The zero-order chi connectivity index (χ0) is 13.8. The van der Waals surface area contributed by atoms with Crippen molar-refractivity contribution in [3.63, 3.8) is 0 Å². The monoisotopic (exact) mass is 305 g/mol. The molecule has 3 nitrogen and oxygen atoms in total. The first-order valence-corrected chi connectivity index (χ1v) is 7.06. The average Bonchev–Trinajstić information content (AvgIpc) is 2.97.